The number of aryl methyl sites for hydroxylation is 1. The molecular weight excluding hydrogens is 269 g/mol. The minimum Gasteiger partial charge on any atom is -0.369 e. The first-order chi connectivity index (χ1) is 8.64. The van der Waals surface area contributed by atoms with Crippen LogP contribution in [-0.2, 0) is 13.2 Å². The summed E-state index contributed by atoms with van der Waals surface area (Å²) in [6.07, 6.45) is -7.82. The molecule has 0 spiro atoms. The zero-order valence-corrected chi connectivity index (χ0v) is 9.96. The van der Waals surface area contributed by atoms with E-state index in [1.807, 2.05) is 0 Å². The number of likely N-dealkylation sites (N-methyl/N-ethyl adjacent to an activating group) is 1. The van der Waals surface area contributed by atoms with Crippen LogP contribution in [-0.4, -0.2) is 50.4 Å². The van der Waals surface area contributed by atoms with E-state index in [2.05, 4.69) is 5.10 Å². The number of alkyl halides is 3. The van der Waals surface area contributed by atoms with Crippen LogP contribution in [0.4, 0.5) is 23.8 Å². The number of hydrogen-bond acceptors (Lipinski definition) is 4. The Morgan fingerprint density at radius 3 is 2.21 bits per heavy atom. The number of anilines is 1. The molecule has 1 fully saturated rings. The van der Waals surface area contributed by atoms with E-state index >= 15 is 0 Å². The van der Waals surface area contributed by atoms with Gasteiger partial charge in [0.05, 0.1) is 0 Å². The second kappa shape index (κ2) is 4.10. The van der Waals surface area contributed by atoms with Gasteiger partial charge in [-0.2, -0.15) is 18.3 Å². The topological polar surface area (TPSA) is 81.8 Å². The van der Waals surface area contributed by atoms with E-state index in [0.717, 1.165) is 11.9 Å². The molecule has 19 heavy (non-hydrogen) atoms. The molecule has 0 bridgehead atoms. The Kier molecular flexibility index (Phi) is 2.94. The largest absolute Gasteiger partial charge is 0.433 e. The highest BCUT2D eigenvalue weighted by Gasteiger charge is 2.45. The number of aliphatic hydroxyl groups is 2. The van der Waals surface area contributed by atoms with Gasteiger partial charge in [0, 0.05) is 20.2 Å². The van der Waals surface area contributed by atoms with E-state index in [9.17, 15) is 28.2 Å². The predicted octanol–water partition coefficient (Wildman–Crippen LogP) is -0.0525. The van der Waals surface area contributed by atoms with Gasteiger partial charge in [0.25, 0.3) is 0 Å². The van der Waals surface area contributed by atoms with E-state index in [1.54, 1.807) is 0 Å². The Hall–Kier alpha value is -1.81. The lowest BCUT2D eigenvalue weighted by molar-refractivity contribution is -0.143. The van der Waals surface area contributed by atoms with Gasteiger partial charge in [0.15, 0.2) is 18.3 Å². The van der Waals surface area contributed by atoms with Crippen molar-refractivity contribution in [3.05, 3.63) is 11.8 Å². The number of carbonyl (C=O) groups excluding carboxylic acids is 1. The van der Waals surface area contributed by atoms with Crippen molar-refractivity contribution < 1.29 is 28.2 Å². The number of halogens is 3. The molecule has 1 aliphatic heterocycles. The summed E-state index contributed by atoms with van der Waals surface area (Å²) in [5.74, 6) is -0.379. The Bertz CT molecular complexity index is 515. The molecular formula is C9H11F3N4O3. The van der Waals surface area contributed by atoms with Crippen molar-refractivity contribution in [2.24, 2.45) is 7.05 Å². The van der Waals surface area contributed by atoms with E-state index < -0.39 is 30.4 Å². The normalized spacial score (nSPS) is 24.5. The van der Waals surface area contributed by atoms with Crippen LogP contribution in [0, 0.1) is 0 Å². The Balaban J connectivity index is 2.41. The lowest BCUT2D eigenvalue weighted by atomic mass is 10.4. The average Bonchev–Trinajstić information content (AvgIpc) is 2.75. The maximum atomic E-state index is 12.6. The summed E-state index contributed by atoms with van der Waals surface area (Å²) in [5, 5.41) is 22.6. The Labute approximate surface area is 105 Å². The Morgan fingerprint density at radius 2 is 1.84 bits per heavy atom. The fourth-order valence-corrected chi connectivity index (χ4v) is 1.80. The summed E-state index contributed by atoms with van der Waals surface area (Å²) in [6.45, 7) is 0. The Morgan fingerprint density at radius 1 is 1.26 bits per heavy atom. The van der Waals surface area contributed by atoms with E-state index in [0.29, 0.717) is 15.6 Å². The van der Waals surface area contributed by atoms with Crippen LogP contribution in [0.5, 0.6) is 0 Å². The minimum atomic E-state index is -4.63. The smallest absolute Gasteiger partial charge is 0.369 e. The van der Waals surface area contributed by atoms with Crippen molar-refractivity contribution in [2.75, 3.05) is 11.9 Å². The first-order valence-corrected chi connectivity index (χ1v) is 5.18. The van der Waals surface area contributed by atoms with E-state index in [-0.39, 0.29) is 5.82 Å². The highest BCUT2D eigenvalue weighted by Crippen LogP contribution is 2.33. The fraction of sp³-hybridized carbons (Fsp3) is 0.556. The van der Waals surface area contributed by atoms with Crippen LogP contribution in [0.1, 0.15) is 5.69 Å². The number of carbonyl (C=O) groups is 1. The van der Waals surface area contributed by atoms with Crippen molar-refractivity contribution in [2.45, 2.75) is 18.6 Å². The van der Waals surface area contributed by atoms with E-state index in [1.165, 1.54) is 7.05 Å². The molecule has 2 heterocycles. The molecule has 0 aromatic carbocycles. The molecule has 0 aliphatic carbocycles. The first-order valence-electron chi connectivity index (χ1n) is 5.18. The molecule has 106 valence electrons. The zero-order chi connectivity index (χ0) is 14.5. The van der Waals surface area contributed by atoms with Gasteiger partial charge in [-0.05, 0) is 0 Å². The highest BCUT2D eigenvalue weighted by atomic mass is 19.4. The third kappa shape index (κ3) is 2.02. The third-order valence-electron chi connectivity index (χ3n) is 2.84. The van der Waals surface area contributed by atoms with Gasteiger partial charge in [-0.1, -0.05) is 0 Å². The first kappa shape index (κ1) is 13.6. The molecule has 1 saturated heterocycles. The molecule has 0 saturated carbocycles. The summed E-state index contributed by atoms with van der Waals surface area (Å²) >= 11 is 0. The molecule has 10 heteroatoms. The molecule has 7 nitrogen and oxygen atoms in total. The molecule has 0 radical (unpaired) electrons. The monoisotopic (exact) mass is 280 g/mol. The van der Waals surface area contributed by atoms with Crippen LogP contribution in [0.2, 0.25) is 0 Å². The molecule has 1 aromatic heterocycles. The lowest BCUT2D eigenvalue weighted by Crippen LogP contribution is -2.36. The van der Waals surface area contributed by atoms with Crippen LogP contribution in [0.15, 0.2) is 6.07 Å². The van der Waals surface area contributed by atoms with Crippen molar-refractivity contribution in [1.82, 2.24) is 14.7 Å². The number of rotatable bonds is 1. The van der Waals surface area contributed by atoms with Gasteiger partial charge in [-0.25, -0.2) is 9.69 Å². The standard InChI is InChI=1S/C9H11F3N4O3/c1-14-6(17)7(18)16(8(14)19)5-3-4(9(10,11)12)15(2)13-5/h3,6-7,17-18H,1-2H3. The summed E-state index contributed by atoms with van der Waals surface area (Å²) in [5.41, 5.74) is -1.06. The second-order valence-electron chi connectivity index (χ2n) is 4.10. The molecule has 2 rings (SSSR count). The summed E-state index contributed by atoms with van der Waals surface area (Å²) in [7, 11) is 2.28. The third-order valence-corrected chi connectivity index (χ3v) is 2.84. The molecule has 2 amide bonds. The maximum Gasteiger partial charge on any atom is 0.433 e. The minimum absolute atomic E-state index is 0.379. The van der Waals surface area contributed by atoms with Gasteiger partial charge < -0.3 is 10.2 Å². The van der Waals surface area contributed by atoms with Crippen LogP contribution < -0.4 is 4.90 Å². The molecule has 2 unspecified atom stereocenters. The van der Waals surface area contributed by atoms with Crippen molar-refractivity contribution >= 4 is 11.8 Å². The van der Waals surface area contributed by atoms with Crippen molar-refractivity contribution in [3.63, 3.8) is 0 Å². The van der Waals surface area contributed by atoms with Crippen molar-refractivity contribution in [1.29, 1.82) is 0 Å². The summed E-state index contributed by atoms with van der Waals surface area (Å²) < 4.78 is 38.4. The number of urea groups is 1. The average molecular weight is 280 g/mol. The number of aromatic nitrogens is 2. The summed E-state index contributed by atoms with van der Waals surface area (Å²) in [6, 6.07) is -0.209. The van der Waals surface area contributed by atoms with Gasteiger partial charge in [0.1, 0.15) is 5.69 Å². The molecule has 2 N–H and O–H groups in total. The quantitative estimate of drug-likeness (QED) is 0.755. The highest BCUT2D eigenvalue weighted by molar-refractivity contribution is 5.93. The summed E-state index contributed by atoms with van der Waals surface area (Å²) in [4.78, 5) is 13.1. The van der Waals surface area contributed by atoms with Gasteiger partial charge in [-0.15, -0.1) is 0 Å². The van der Waals surface area contributed by atoms with Crippen LogP contribution >= 0.6 is 0 Å². The maximum absolute atomic E-state index is 12.6. The van der Waals surface area contributed by atoms with Gasteiger partial charge in [-0.3, -0.25) is 9.58 Å². The fourth-order valence-electron chi connectivity index (χ4n) is 1.80. The van der Waals surface area contributed by atoms with Crippen LogP contribution in [0.3, 0.4) is 0 Å². The van der Waals surface area contributed by atoms with Crippen molar-refractivity contribution in [3.8, 4) is 0 Å². The predicted molar refractivity (Wildman–Crippen MR) is 55.9 cm³/mol. The second-order valence-corrected chi connectivity index (χ2v) is 4.10. The SMILES string of the molecule is CN1C(=O)N(c2cc(C(F)(F)F)n(C)n2)C(O)C1O. The number of nitrogens with zero attached hydrogens (tertiary/aromatic N) is 4. The number of aliphatic hydroxyl groups excluding tert-OH is 2. The van der Waals surface area contributed by atoms with Gasteiger partial charge >= 0.3 is 12.2 Å². The van der Waals surface area contributed by atoms with Crippen LogP contribution in [0.25, 0.3) is 0 Å². The molecule has 2 atom stereocenters. The number of amides is 2. The lowest BCUT2D eigenvalue weighted by Gasteiger charge is -2.16. The molecule has 1 aromatic rings. The molecule has 1 aliphatic rings. The number of hydrogen-bond donors (Lipinski definition) is 2. The van der Waals surface area contributed by atoms with E-state index in [4.69, 9.17) is 0 Å². The zero-order valence-electron chi connectivity index (χ0n) is 9.96. The van der Waals surface area contributed by atoms with Gasteiger partial charge in [0.2, 0.25) is 0 Å².